The van der Waals surface area contributed by atoms with E-state index in [4.69, 9.17) is 4.74 Å². The predicted octanol–water partition coefficient (Wildman–Crippen LogP) is 4.68. The SMILES string of the molecule is CCS(=O)(=O)NC1CC2(CCN(C[C@@H]3CCN(c4ncncc4Oc4ccc(F)cc4C(=O)N(C(C)C)C(C)C)C3)CC2)C1. The third-order valence-electron chi connectivity index (χ3n) is 9.50. The summed E-state index contributed by atoms with van der Waals surface area (Å²) in [6, 6.07) is 4.00. The summed E-state index contributed by atoms with van der Waals surface area (Å²) < 4.78 is 47.3. The third-order valence-corrected chi connectivity index (χ3v) is 11.0. The molecule has 3 heterocycles. The Morgan fingerprint density at radius 2 is 1.84 bits per heavy atom. The Kier molecular flexibility index (Phi) is 9.81. The molecule has 1 aliphatic carbocycles. The Morgan fingerprint density at radius 3 is 2.50 bits per heavy atom. The van der Waals surface area contributed by atoms with Crippen molar-refractivity contribution in [3.05, 3.63) is 42.1 Å². The number of anilines is 1. The Morgan fingerprint density at radius 1 is 1.14 bits per heavy atom. The second-order valence-corrected chi connectivity index (χ2v) is 15.4. The first-order valence-corrected chi connectivity index (χ1v) is 17.6. The quantitative estimate of drug-likeness (QED) is 0.382. The lowest BCUT2D eigenvalue weighted by Gasteiger charge is -2.52. The third kappa shape index (κ3) is 7.34. The number of carbonyl (C=O) groups is 1. The van der Waals surface area contributed by atoms with Gasteiger partial charge in [-0.3, -0.25) is 4.79 Å². The number of hydrogen-bond acceptors (Lipinski definition) is 8. The monoisotopic (exact) mass is 630 g/mol. The fraction of sp³-hybridized carbons (Fsp3) is 0.656. The van der Waals surface area contributed by atoms with Gasteiger partial charge in [-0.25, -0.2) is 27.5 Å². The molecule has 1 aromatic heterocycles. The average Bonchev–Trinajstić information content (AvgIpc) is 3.42. The van der Waals surface area contributed by atoms with Crippen LogP contribution in [-0.4, -0.2) is 90.7 Å². The summed E-state index contributed by atoms with van der Waals surface area (Å²) in [6.07, 6.45) is 8.26. The molecule has 12 heteroatoms. The van der Waals surface area contributed by atoms with E-state index in [1.165, 1.54) is 24.5 Å². The van der Waals surface area contributed by atoms with Crippen LogP contribution in [0.15, 0.2) is 30.7 Å². The highest BCUT2D eigenvalue weighted by molar-refractivity contribution is 7.89. The van der Waals surface area contributed by atoms with Crippen LogP contribution in [-0.2, 0) is 10.0 Å². The number of hydrogen-bond donors (Lipinski definition) is 1. The van der Waals surface area contributed by atoms with Crippen LogP contribution in [0.1, 0.15) is 77.1 Å². The highest BCUT2D eigenvalue weighted by atomic mass is 32.2. The maximum atomic E-state index is 14.3. The molecule has 2 aliphatic heterocycles. The van der Waals surface area contributed by atoms with Crippen molar-refractivity contribution in [3.63, 3.8) is 0 Å². The van der Waals surface area contributed by atoms with Crippen molar-refractivity contribution in [2.75, 3.05) is 43.4 Å². The molecule has 2 saturated heterocycles. The standard InChI is InChI=1S/C32H47FN6O4S/c1-6-44(41,42)36-26-16-32(17-26)10-13-37(14-11-32)19-24-9-12-38(20-24)30-29(18-34-21-35-30)43-28-8-7-25(33)15-27(28)31(40)39(22(2)3)23(4)5/h7-8,15,18,21-24,26,36H,6,9-14,16-17,19-20H2,1-5H3/t24-/m0/s1. The van der Waals surface area contributed by atoms with Crippen molar-refractivity contribution in [2.45, 2.75) is 84.8 Å². The molecule has 3 fully saturated rings. The van der Waals surface area contributed by atoms with Crippen LogP contribution in [0.3, 0.4) is 0 Å². The lowest BCUT2D eigenvalue weighted by Crippen LogP contribution is -2.55. The molecule has 0 bridgehead atoms. The van der Waals surface area contributed by atoms with Gasteiger partial charge in [0.25, 0.3) is 5.91 Å². The molecule has 2 aromatic rings. The maximum absolute atomic E-state index is 14.3. The molecule has 1 aromatic carbocycles. The zero-order chi connectivity index (χ0) is 31.6. The number of sulfonamides is 1. The van der Waals surface area contributed by atoms with E-state index in [0.29, 0.717) is 17.5 Å². The summed E-state index contributed by atoms with van der Waals surface area (Å²) in [6.45, 7) is 14.2. The largest absolute Gasteiger partial charge is 0.451 e. The second-order valence-electron chi connectivity index (χ2n) is 13.4. The number of nitrogens with one attached hydrogen (secondary N) is 1. The van der Waals surface area contributed by atoms with Crippen molar-refractivity contribution in [1.29, 1.82) is 0 Å². The Balaban J connectivity index is 1.19. The molecule has 5 rings (SSSR count). The maximum Gasteiger partial charge on any atom is 0.258 e. The van der Waals surface area contributed by atoms with E-state index in [1.54, 1.807) is 18.0 Å². The van der Waals surface area contributed by atoms with E-state index < -0.39 is 15.8 Å². The first kappa shape index (κ1) is 32.6. The molecule has 1 spiro atoms. The van der Waals surface area contributed by atoms with E-state index in [-0.39, 0.29) is 46.5 Å². The van der Waals surface area contributed by atoms with Crippen LogP contribution < -0.4 is 14.4 Å². The van der Waals surface area contributed by atoms with Gasteiger partial charge in [0.2, 0.25) is 10.0 Å². The summed E-state index contributed by atoms with van der Waals surface area (Å²) in [5.41, 5.74) is 0.457. The molecule has 0 unspecified atom stereocenters. The van der Waals surface area contributed by atoms with E-state index in [0.717, 1.165) is 64.8 Å². The second kappa shape index (κ2) is 13.3. The summed E-state index contributed by atoms with van der Waals surface area (Å²) in [5.74, 6) is 1.21. The first-order valence-electron chi connectivity index (χ1n) is 16.0. The number of halogens is 1. The van der Waals surface area contributed by atoms with Crippen molar-refractivity contribution in [2.24, 2.45) is 11.3 Å². The van der Waals surface area contributed by atoms with Crippen molar-refractivity contribution < 1.29 is 22.3 Å². The van der Waals surface area contributed by atoms with Crippen LogP contribution in [0.25, 0.3) is 0 Å². The number of aromatic nitrogens is 2. The van der Waals surface area contributed by atoms with Crippen LogP contribution >= 0.6 is 0 Å². The molecule has 1 atom stereocenters. The van der Waals surface area contributed by atoms with Crippen LogP contribution in [0, 0.1) is 17.2 Å². The summed E-state index contributed by atoms with van der Waals surface area (Å²) in [5, 5.41) is 0. The number of likely N-dealkylation sites (tertiary alicyclic amines) is 1. The fourth-order valence-electron chi connectivity index (χ4n) is 7.26. The summed E-state index contributed by atoms with van der Waals surface area (Å²) in [7, 11) is -3.14. The van der Waals surface area contributed by atoms with Crippen molar-refractivity contribution in [3.8, 4) is 11.5 Å². The molecule has 1 saturated carbocycles. The van der Waals surface area contributed by atoms with Gasteiger partial charge in [0.05, 0.1) is 17.5 Å². The van der Waals surface area contributed by atoms with Gasteiger partial charge >= 0.3 is 0 Å². The minimum absolute atomic E-state index is 0.0616. The van der Waals surface area contributed by atoms with Crippen LogP contribution in [0.2, 0.25) is 0 Å². The Hall–Kier alpha value is -2.83. The molecule has 3 aliphatic rings. The number of carbonyl (C=O) groups excluding carboxylic acids is 1. The lowest BCUT2D eigenvalue weighted by atomic mass is 9.60. The van der Waals surface area contributed by atoms with Gasteiger partial charge in [0, 0.05) is 37.8 Å². The molecule has 44 heavy (non-hydrogen) atoms. The van der Waals surface area contributed by atoms with Crippen LogP contribution in [0.5, 0.6) is 11.5 Å². The molecular weight excluding hydrogens is 583 g/mol. The number of nitrogens with zero attached hydrogens (tertiary/aromatic N) is 5. The summed E-state index contributed by atoms with van der Waals surface area (Å²) >= 11 is 0. The smallest absolute Gasteiger partial charge is 0.258 e. The van der Waals surface area contributed by atoms with Gasteiger partial charge in [0.15, 0.2) is 11.6 Å². The van der Waals surface area contributed by atoms with E-state index in [2.05, 4.69) is 24.5 Å². The number of piperidine rings is 1. The van der Waals surface area contributed by atoms with E-state index in [9.17, 15) is 17.6 Å². The lowest BCUT2D eigenvalue weighted by molar-refractivity contribution is 0.00942. The number of ether oxygens (including phenoxy) is 1. The Bertz CT molecular complexity index is 1410. The van der Waals surface area contributed by atoms with Crippen LogP contribution in [0.4, 0.5) is 10.2 Å². The number of rotatable bonds is 11. The first-order chi connectivity index (χ1) is 20.9. The van der Waals surface area contributed by atoms with Gasteiger partial charge in [-0.1, -0.05) is 0 Å². The van der Waals surface area contributed by atoms with Gasteiger partial charge in [-0.05, 0) is 109 Å². The highest BCUT2D eigenvalue weighted by Crippen LogP contribution is 2.49. The van der Waals surface area contributed by atoms with E-state index in [1.807, 2.05) is 27.7 Å². The number of benzene rings is 1. The molecule has 1 N–H and O–H groups in total. The average molecular weight is 631 g/mol. The van der Waals surface area contributed by atoms with Gasteiger partial charge in [0.1, 0.15) is 17.9 Å². The van der Waals surface area contributed by atoms with Gasteiger partial charge in [-0.15, -0.1) is 0 Å². The minimum Gasteiger partial charge on any atom is -0.451 e. The predicted molar refractivity (Wildman–Crippen MR) is 169 cm³/mol. The molecule has 0 radical (unpaired) electrons. The molecule has 242 valence electrons. The Labute approximate surface area is 261 Å². The van der Waals surface area contributed by atoms with Crippen molar-refractivity contribution >= 4 is 21.7 Å². The highest BCUT2D eigenvalue weighted by Gasteiger charge is 2.47. The zero-order valence-corrected chi connectivity index (χ0v) is 27.4. The summed E-state index contributed by atoms with van der Waals surface area (Å²) in [4.78, 5) is 28.7. The van der Waals surface area contributed by atoms with Crippen molar-refractivity contribution in [1.82, 2.24) is 24.5 Å². The number of amides is 1. The van der Waals surface area contributed by atoms with Gasteiger partial charge < -0.3 is 19.4 Å². The molecular formula is C32H47FN6O4S. The molecule has 10 nitrogen and oxygen atoms in total. The molecule has 1 amide bonds. The topological polar surface area (TPSA) is 108 Å². The fourth-order valence-corrected chi connectivity index (χ4v) is 8.11. The zero-order valence-electron chi connectivity index (χ0n) is 26.6. The minimum atomic E-state index is -3.14. The normalized spacial score (nSPS) is 20.8. The van der Waals surface area contributed by atoms with Gasteiger partial charge in [-0.2, -0.15) is 0 Å². The van der Waals surface area contributed by atoms with E-state index >= 15 is 0 Å².